The van der Waals surface area contributed by atoms with Gasteiger partial charge in [0.25, 0.3) is 0 Å². The van der Waals surface area contributed by atoms with Gasteiger partial charge in [0.05, 0.1) is 13.1 Å². The van der Waals surface area contributed by atoms with Crippen molar-refractivity contribution in [1.82, 2.24) is 10.6 Å². The number of hydrogen-bond donors (Lipinski definition) is 6. The predicted octanol–water partition coefficient (Wildman–Crippen LogP) is 0.443. The first-order valence-corrected chi connectivity index (χ1v) is 7.82. The number of halogens is 2. The molecule has 12 heteroatoms. The van der Waals surface area contributed by atoms with Gasteiger partial charge in [0, 0.05) is 0 Å². The van der Waals surface area contributed by atoms with Crippen LogP contribution in [-0.4, -0.2) is 22.1 Å². The molecule has 0 spiro atoms. The summed E-state index contributed by atoms with van der Waals surface area (Å²) in [5.41, 5.74) is 26.2. The van der Waals surface area contributed by atoms with E-state index in [2.05, 4.69) is 20.6 Å². The molecule has 0 bridgehead atoms. The van der Waals surface area contributed by atoms with Crippen molar-refractivity contribution in [2.24, 2.45) is 32.9 Å². The van der Waals surface area contributed by atoms with Crippen LogP contribution in [0.2, 0.25) is 0 Å². The Morgan fingerprint density at radius 1 is 0.808 bits per heavy atom. The maximum absolute atomic E-state index is 5.67. The molecule has 10 N–H and O–H groups in total. The first-order chi connectivity index (χ1) is 11.2. The molecule has 1 rings (SSSR count). The molecule has 0 amide bonds. The minimum Gasteiger partial charge on any atom is -0.376 e. The first kappa shape index (κ1) is 26.4. The van der Waals surface area contributed by atoms with Crippen LogP contribution >= 0.6 is 49.2 Å². The van der Waals surface area contributed by atoms with Crippen LogP contribution < -0.4 is 33.6 Å². The SMILES string of the molecule is Cc1cc(CN=C(N)NC(N)=S)c(C)cc1CN=C(N)NC(N)=S.Cl.Cl. The molecule has 1 aromatic rings. The third-order valence-corrected chi connectivity index (χ3v) is 3.34. The number of aliphatic imine (C=N–C) groups is 2. The molecule has 0 saturated carbocycles. The van der Waals surface area contributed by atoms with E-state index in [0.29, 0.717) is 13.1 Å². The minimum atomic E-state index is 0. The maximum Gasteiger partial charge on any atom is 0.195 e. The normalized spacial score (nSPS) is 11.0. The topological polar surface area (TPSA) is 153 Å². The molecule has 26 heavy (non-hydrogen) atoms. The number of nitrogens with one attached hydrogen (secondary N) is 2. The molecule has 8 nitrogen and oxygen atoms in total. The van der Waals surface area contributed by atoms with Crippen LogP contribution in [-0.2, 0) is 13.1 Å². The summed E-state index contributed by atoms with van der Waals surface area (Å²) in [6.45, 7) is 4.82. The van der Waals surface area contributed by atoms with E-state index in [0.717, 1.165) is 22.3 Å². The van der Waals surface area contributed by atoms with Crippen LogP contribution in [0.15, 0.2) is 22.1 Å². The van der Waals surface area contributed by atoms with Crippen molar-refractivity contribution in [3.05, 3.63) is 34.4 Å². The van der Waals surface area contributed by atoms with E-state index in [4.69, 9.17) is 47.4 Å². The maximum atomic E-state index is 5.67. The quantitative estimate of drug-likeness (QED) is 0.225. The van der Waals surface area contributed by atoms with Gasteiger partial charge in [-0.3, -0.25) is 0 Å². The summed E-state index contributed by atoms with van der Waals surface area (Å²) in [7, 11) is 0. The first-order valence-electron chi connectivity index (χ1n) is 7.00. The highest BCUT2D eigenvalue weighted by molar-refractivity contribution is 7.80. The summed E-state index contributed by atoms with van der Waals surface area (Å²) in [4.78, 5) is 8.41. The second kappa shape index (κ2) is 12.5. The lowest BCUT2D eigenvalue weighted by atomic mass is 10.00. The molecule has 0 radical (unpaired) electrons. The standard InChI is InChI=1S/C14H22N8S2.2ClH/c1-7-3-10(6-20-12(16)22-14(18)24)8(2)4-9(7)5-19-11(15)21-13(17)23;;/h3-4H,5-6H2,1-2H3,(H5,15,17,19,21,23)(H5,16,18,20,22,24);2*1H. The van der Waals surface area contributed by atoms with Gasteiger partial charge in [0.15, 0.2) is 22.1 Å². The van der Waals surface area contributed by atoms with Crippen molar-refractivity contribution < 1.29 is 0 Å². The smallest absolute Gasteiger partial charge is 0.195 e. The lowest BCUT2D eigenvalue weighted by Gasteiger charge is -2.11. The molecule has 0 aliphatic carbocycles. The van der Waals surface area contributed by atoms with Gasteiger partial charge >= 0.3 is 0 Å². The zero-order chi connectivity index (χ0) is 18.3. The van der Waals surface area contributed by atoms with Gasteiger partial charge in [-0.2, -0.15) is 0 Å². The van der Waals surface area contributed by atoms with E-state index >= 15 is 0 Å². The minimum absolute atomic E-state index is 0. The van der Waals surface area contributed by atoms with Crippen LogP contribution in [0, 0.1) is 13.8 Å². The third-order valence-electron chi connectivity index (χ3n) is 3.14. The second-order valence-electron chi connectivity index (χ2n) is 5.09. The molecule has 0 aliphatic rings. The van der Waals surface area contributed by atoms with Crippen LogP contribution in [0.3, 0.4) is 0 Å². The second-order valence-corrected chi connectivity index (χ2v) is 5.97. The molecule has 0 saturated heterocycles. The van der Waals surface area contributed by atoms with Gasteiger partial charge in [-0.1, -0.05) is 12.1 Å². The molecular formula is C14H24Cl2N8S2. The summed E-state index contributed by atoms with van der Waals surface area (Å²) in [6, 6.07) is 4.07. The van der Waals surface area contributed by atoms with Gasteiger partial charge in [-0.05, 0) is 60.5 Å². The van der Waals surface area contributed by atoms with Crippen LogP contribution in [0.4, 0.5) is 0 Å². The van der Waals surface area contributed by atoms with Crippen LogP contribution in [0.25, 0.3) is 0 Å². The summed E-state index contributed by atoms with van der Waals surface area (Å²) in [5.74, 6) is 0.370. The molecule has 0 unspecified atom stereocenters. The van der Waals surface area contributed by atoms with E-state index in [1.807, 2.05) is 26.0 Å². The summed E-state index contributed by atoms with van der Waals surface area (Å²) in [6.07, 6.45) is 0. The molecule has 0 atom stereocenters. The number of guanidine groups is 2. The lowest BCUT2D eigenvalue weighted by Crippen LogP contribution is -2.40. The fourth-order valence-electron chi connectivity index (χ4n) is 1.95. The highest BCUT2D eigenvalue weighted by Crippen LogP contribution is 2.18. The van der Waals surface area contributed by atoms with Crippen LogP contribution in [0.5, 0.6) is 0 Å². The Kier molecular flexibility index (Phi) is 12.6. The Labute approximate surface area is 176 Å². The predicted molar refractivity (Wildman–Crippen MR) is 121 cm³/mol. The monoisotopic (exact) mass is 438 g/mol. The van der Waals surface area contributed by atoms with E-state index in [-0.39, 0.29) is 47.0 Å². The molecule has 0 aromatic heterocycles. The van der Waals surface area contributed by atoms with Crippen molar-refractivity contribution in [1.29, 1.82) is 0 Å². The largest absolute Gasteiger partial charge is 0.376 e. The molecular weight excluding hydrogens is 415 g/mol. The van der Waals surface area contributed by atoms with Crippen LogP contribution in [0.1, 0.15) is 22.3 Å². The van der Waals surface area contributed by atoms with Crippen molar-refractivity contribution in [3.8, 4) is 0 Å². The van der Waals surface area contributed by atoms with E-state index in [1.165, 1.54) is 0 Å². The number of benzene rings is 1. The van der Waals surface area contributed by atoms with Crippen molar-refractivity contribution >= 4 is 71.4 Å². The fraction of sp³-hybridized carbons (Fsp3) is 0.286. The van der Waals surface area contributed by atoms with E-state index in [1.54, 1.807) is 0 Å². The Balaban J connectivity index is 0. The van der Waals surface area contributed by atoms with Gasteiger partial charge in [0.2, 0.25) is 0 Å². The van der Waals surface area contributed by atoms with Gasteiger partial charge in [-0.15, -0.1) is 24.8 Å². The van der Waals surface area contributed by atoms with Gasteiger partial charge in [-0.25, -0.2) is 9.98 Å². The summed E-state index contributed by atoms with van der Waals surface area (Å²) < 4.78 is 0. The third kappa shape index (κ3) is 9.56. The molecule has 1 aromatic carbocycles. The molecule has 146 valence electrons. The average molecular weight is 439 g/mol. The lowest BCUT2D eigenvalue weighted by molar-refractivity contribution is 0.984. The number of aryl methyl sites for hydroxylation is 2. The fourth-order valence-corrected chi connectivity index (χ4v) is 2.16. The zero-order valence-electron chi connectivity index (χ0n) is 14.4. The average Bonchev–Trinajstić information content (AvgIpc) is 2.44. The van der Waals surface area contributed by atoms with Crippen molar-refractivity contribution in [2.45, 2.75) is 26.9 Å². The number of nitrogens with zero attached hydrogens (tertiary/aromatic N) is 2. The van der Waals surface area contributed by atoms with Gasteiger partial charge in [0.1, 0.15) is 0 Å². The number of nitrogens with two attached hydrogens (primary N) is 4. The Bertz CT molecular complexity index is 647. The van der Waals surface area contributed by atoms with E-state index in [9.17, 15) is 0 Å². The molecule has 0 heterocycles. The Morgan fingerprint density at radius 3 is 1.38 bits per heavy atom. The molecule has 0 aliphatic heterocycles. The number of thiocarbonyl (C=S) groups is 2. The molecule has 0 fully saturated rings. The summed E-state index contributed by atoms with van der Waals surface area (Å²) >= 11 is 9.41. The zero-order valence-corrected chi connectivity index (χ0v) is 17.7. The summed E-state index contributed by atoms with van der Waals surface area (Å²) in [5, 5.41) is 5.34. The highest BCUT2D eigenvalue weighted by atomic mass is 35.5. The van der Waals surface area contributed by atoms with Crippen molar-refractivity contribution in [3.63, 3.8) is 0 Å². The number of hydrogen-bond acceptors (Lipinski definition) is 4. The Morgan fingerprint density at radius 2 is 1.12 bits per heavy atom. The Hall–Kier alpha value is -1.88. The van der Waals surface area contributed by atoms with Crippen molar-refractivity contribution in [2.75, 3.05) is 0 Å². The van der Waals surface area contributed by atoms with Gasteiger partial charge < -0.3 is 33.6 Å². The highest BCUT2D eigenvalue weighted by Gasteiger charge is 2.05. The number of rotatable bonds is 4. The van der Waals surface area contributed by atoms with E-state index < -0.39 is 0 Å².